The normalized spacial score (nSPS) is 19.8. The van der Waals surface area contributed by atoms with Gasteiger partial charge in [-0.3, -0.25) is 4.90 Å². The number of benzene rings is 1. The molecule has 1 heterocycles. The molecule has 0 radical (unpaired) electrons. The van der Waals surface area contributed by atoms with Crippen LogP contribution in [0.1, 0.15) is 17.3 Å². The molecule has 0 saturated carbocycles. The fraction of sp³-hybridized carbons (Fsp3) is 0.500. The SMILES string of the molecule is CCN1CCOC(COc2ccc(C(=O)O)cc2F)C1. The van der Waals surface area contributed by atoms with Crippen LogP contribution in [-0.2, 0) is 4.74 Å². The molecule has 1 aromatic rings. The zero-order chi connectivity index (χ0) is 14.5. The summed E-state index contributed by atoms with van der Waals surface area (Å²) >= 11 is 0. The largest absolute Gasteiger partial charge is 0.488 e. The number of nitrogens with zero attached hydrogens (tertiary/aromatic N) is 1. The molecule has 0 aromatic heterocycles. The van der Waals surface area contributed by atoms with Crippen LogP contribution in [0.2, 0.25) is 0 Å². The summed E-state index contributed by atoms with van der Waals surface area (Å²) in [5.41, 5.74) is -0.0964. The fourth-order valence-corrected chi connectivity index (χ4v) is 2.10. The molecule has 0 spiro atoms. The molecule has 1 atom stereocenters. The average molecular weight is 283 g/mol. The summed E-state index contributed by atoms with van der Waals surface area (Å²) in [5, 5.41) is 8.76. The number of likely N-dealkylation sites (N-methyl/N-ethyl adjacent to an activating group) is 1. The van der Waals surface area contributed by atoms with E-state index in [9.17, 15) is 9.18 Å². The Hall–Kier alpha value is -1.66. The van der Waals surface area contributed by atoms with Gasteiger partial charge in [0.15, 0.2) is 11.6 Å². The molecule has 110 valence electrons. The highest BCUT2D eigenvalue weighted by Gasteiger charge is 2.20. The monoisotopic (exact) mass is 283 g/mol. The van der Waals surface area contributed by atoms with E-state index in [1.165, 1.54) is 12.1 Å². The van der Waals surface area contributed by atoms with Gasteiger partial charge in [0, 0.05) is 13.1 Å². The minimum atomic E-state index is -1.16. The van der Waals surface area contributed by atoms with E-state index in [0.29, 0.717) is 6.61 Å². The first-order valence-electron chi connectivity index (χ1n) is 6.59. The van der Waals surface area contributed by atoms with Gasteiger partial charge in [-0.25, -0.2) is 9.18 Å². The molecule has 1 fully saturated rings. The molecular weight excluding hydrogens is 265 g/mol. The van der Waals surface area contributed by atoms with Crippen molar-refractivity contribution in [2.75, 3.05) is 32.8 Å². The molecule has 1 saturated heterocycles. The molecular formula is C14H18FNO4. The zero-order valence-electron chi connectivity index (χ0n) is 11.3. The van der Waals surface area contributed by atoms with Crippen molar-refractivity contribution in [1.82, 2.24) is 4.90 Å². The number of hydrogen-bond acceptors (Lipinski definition) is 4. The molecule has 1 N–H and O–H groups in total. The second kappa shape index (κ2) is 6.67. The number of ether oxygens (including phenoxy) is 2. The first-order valence-corrected chi connectivity index (χ1v) is 6.59. The average Bonchev–Trinajstić information content (AvgIpc) is 2.46. The van der Waals surface area contributed by atoms with Gasteiger partial charge in [0.05, 0.1) is 12.2 Å². The first-order chi connectivity index (χ1) is 9.60. The lowest BCUT2D eigenvalue weighted by Crippen LogP contribution is -2.44. The molecule has 6 heteroatoms. The van der Waals surface area contributed by atoms with Crippen molar-refractivity contribution in [3.05, 3.63) is 29.6 Å². The summed E-state index contributed by atoms with van der Waals surface area (Å²) < 4.78 is 24.6. The third kappa shape index (κ3) is 3.68. The van der Waals surface area contributed by atoms with Crippen LogP contribution in [0.4, 0.5) is 4.39 Å². The molecule has 1 aromatic carbocycles. The van der Waals surface area contributed by atoms with Gasteiger partial charge in [-0.1, -0.05) is 6.92 Å². The predicted molar refractivity (Wildman–Crippen MR) is 70.7 cm³/mol. The summed E-state index contributed by atoms with van der Waals surface area (Å²) in [6.07, 6.45) is -0.0951. The maximum absolute atomic E-state index is 13.7. The summed E-state index contributed by atoms with van der Waals surface area (Å²) in [5.74, 6) is -1.79. The summed E-state index contributed by atoms with van der Waals surface area (Å²) in [7, 11) is 0. The van der Waals surface area contributed by atoms with Crippen LogP contribution < -0.4 is 4.74 Å². The maximum Gasteiger partial charge on any atom is 0.335 e. The molecule has 20 heavy (non-hydrogen) atoms. The highest BCUT2D eigenvalue weighted by molar-refractivity contribution is 5.87. The van der Waals surface area contributed by atoms with Gasteiger partial charge in [-0.2, -0.15) is 0 Å². The van der Waals surface area contributed by atoms with Crippen LogP contribution in [0.3, 0.4) is 0 Å². The molecule has 0 bridgehead atoms. The molecule has 1 aliphatic rings. The van der Waals surface area contributed by atoms with E-state index in [1.54, 1.807) is 0 Å². The fourth-order valence-electron chi connectivity index (χ4n) is 2.10. The van der Waals surface area contributed by atoms with Crippen LogP contribution in [-0.4, -0.2) is 54.9 Å². The molecule has 0 aliphatic carbocycles. The number of hydrogen-bond donors (Lipinski definition) is 1. The number of halogens is 1. The quantitative estimate of drug-likeness (QED) is 0.890. The Labute approximate surface area is 116 Å². The smallest absolute Gasteiger partial charge is 0.335 e. The summed E-state index contributed by atoms with van der Waals surface area (Å²) in [4.78, 5) is 12.9. The van der Waals surface area contributed by atoms with E-state index < -0.39 is 11.8 Å². The molecule has 2 rings (SSSR count). The van der Waals surface area contributed by atoms with E-state index >= 15 is 0 Å². The maximum atomic E-state index is 13.7. The van der Waals surface area contributed by atoms with Gasteiger partial charge < -0.3 is 14.6 Å². The Morgan fingerprint density at radius 1 is 1.60 bits per heavy atom. The zero-order valence-corrected chi connectivity index (χ0v) is 11.3. The lowest BCUT2D eigenvalue weighted by atomic mass is 10.2. The van der Waals surface area contributed by atoms with Crippen molar-refractivity contribution in [3.63, 3.8) is 0 Å². The van der Waals surface area contributed by atoms with Crippen LogP contribution in [0.15, 0.2) is 18.2 Å². The van der Waals surface area contributed by atoms with Crippen LogP contribution in [0.25, 0.3) is 0 Å². The number of carboxylic acids is 1. The van der Waals surface area contributed by atoms with Crippen molar-refractivity contribution in [1.29, 1.82) is 0 Å². The van der Waals surface area contributed by atoms with Gasteiger partial charge in [-0.05, 0) is 24.7 Å². The molecule has 0 amide bonds. The van der Waals surface area contributed by atoms with Crippen molar-refractivity contribution in [2.24, 2.45) is 0 Å². The Bertz CT molecular complexity index is 480. The number of morpholine rings is 1. The first kappa shape index (κ1) is 14.7. The minimum absolute atomic E-state index is 0.0484. The molecule has 1 unspecified atom stereocenters. The van der Waals surface area contributed by atoms with E-state index in [-0.39, 0.29) is 24.0 Å². The number of aromatic carboxylic acids is 1. The van der Waals surface area contributed by atoms with Crippen molar-refractivity contribution >= 4 is 5.97 Å². The predicted octanol–water partition coefficient (Wildman–Crippen LogP) is 1.62. The van der Waals surface area contributed by atoms with E-state index in [2.05, 4.69) is 11.8 Å². The Morgan fingerprint density at radius 2 is 2.40 bits per heavy atom. The molecule has 1 aliphatic heterocycles. The van der Waals surface area contributed by atoms with Gasteiger partial charge in [-0.15, -0.1) is 0 Å². The van der Waals surface area contributed by atoms with E-state index in [0.717, 1.165) is 25.7 Å². The number of carboxylic acid groups (broad SMARTS) is 1. The van der Waals surface area contributed by atoms with Crippen molar-refractivity contribution in [2.45, 2.75) is 13.0 Å². The van der Waals surface area contributed by atoms with E-state index in [1.807, 2.05) is 0 Å². The second-order valence-corrected chi connectivity index (χ2v) is 4.65. The Kier molecular flexibility index (Phi) is 4.92. The summed E-state index contributed by atoms with van der Waals surface area (Å²) in [6, 6.07) is 3.61. The van der Waals surface area contributed by atoms with Crippen LogP contribution >= 0.6 is 0 Å². The van der Waals surface area contributed by atoms with E-state index in [4.69, 9.17) is 14.6 Å². The number of rotatable bonds is 5. The minimum Gasteiger partial charge on any atom is -0.488 e. The Balaban J connectivity index is 1.92. The van der Waals surface area contributed by atoms with Gasteiger partial charge in [0.25, 0.3) is 0 Å². The second-order valence-electron chi connectivity index (χ2n) is 4.65. The van der Waals surface area contributed by atoms with Crippen molar-refractivity contribution < 1.29 is 23.8 Å². The lowest BCUT2D eigenvalue weighted by Gasteiger charge is -2.31. The van der Waals surface area contributed by atoms with Gasteiger partial charge in [0.1, 0.15) is 12.7 Å². The van der Waals surface area contributed by atoms with Gasteiger partial charge >= 0.3 is 5.97 Å². The van der Waals surface area contributed by atoms with Crippen molar-refractivity contribution in [3.8, 4) is 5.75 Å². The Morgan fingerprint density at radius 3 is 3.05 bits per heavy atom. The highest BCUT2D eigenvalue weighted by atomic mass is 19.1. The summed E-state index contributed by atoms with van der Waals surface area (Å²) in [6.45, 7) is 5.57. The highest BCUT2D eigenvalue weighted by Crippen LogP contribution is 2.19. The lowest BCUT2D eigenvalue weighted by molar-refractivity contribution is -0.0468. The topological polar surface area (TPSA) is 59.0 Å². The standard InChI is InChI=1S/C14H18FNO4/c1-2-16-5-6-19-11(8-16)9-20-13-4-3-10(14(17)18)7-12(13)15/h3-4,7,11H,2,5-6,8-9H2,1H3,(H,17,18). The van der Waals surface area contributed by atoms with Crippen LogP contribution in [0.5, 0.6) is 5.75 Å². The number of carbonyl (C=O) groups is 1. The third-order valence-corrected chi connectivity index (χ3v) is 3.27. The van der Waals surface area contributed by atoms with Crippen LogP contribution in [0, 0.1) is 5.82 Å². The van der Waals surface area contributed by atoms with Gasteiger partial charge in [0.2, 0.25) is 0 Å². The molecule has 5 nitrogen and oxygen atoms in total. The third-order valence-electron chi connectivity index (χ3n) is 3.27.